The number of methoxy groups -OCH3 is 1. The summed E-state index contributed by atoms with van der Waals surface area (Å²) >= 11 is 1.75. The van der Waals surface area contributed by atoms with Gasteiger partial charge in [0, 0.05) is 6.07 Å². The number of ether oxygens (including phenoxy) is 1. The van der Waals surface area contributed by atoms with E-state index < -0.39 is 0 Å². The molecule has 0 unspecified atom stereocenters. The van der Waals surface area contributed by atoms with E-state index in [-0.39, 0.29) is 36.0 Å². The third-order valence-electron chi connectivity index (χ3n) is 3.79. The van der Waals surface area contributed by atoms with Crippen molar-refractivity contribution in [3.05, 3.63) is 121 Å². The second-order valence-electron chi connectivity index (χ2n) is 7.33. The van der Waals surface area contributed by atoms with Gasteiger partial charge in [0.15, 0.2) is 0 Å². The summed E-state index contributed by atoms with van der Waals surface area (Å²) < 4.78 is 5.07. The maximum atomic E-state index is 9.41. The van der Waals surface area contributed by atoms with Crippen LogP contribution in [0.2, 0.25) is 0 Å². The average molecular weight is 534 g/mol. The molecule has 0 saturated carbocycles. The van der Waals surface area contributed by atoms with E-state index in [1.807, 2.05) is 78.9 Å². The molecule has 2 nitrogen and oxygen atoms in total. The van der Waals surface area contributed by atoms with Crippen LogP contribution in [-0.4, -0.2) is 17.0 Å². The predicted octanol–water partition coefficient (Wildman–Crippen LogP) is 7.79. The molecule has 0 aliphatic heterocycles. The van der Waals surface area contributed by atoms with Gasteiger partial charge in [-0.05, 0) is 23.1 Å². The van der Waals surface area contributed by atoms with Crippen molar-refractivity contribution in [1.29, 1.82) is 0 Å². The number of phenolic OH excluding ortho intramolecular Hbond substituents is 1. The Bertz CT molecular complexity index is 783. The minimum atomic E-state index is 0. The van der Waals surface area contributed by atoms with Crippen LogP contribution in [0, 0.1) is 18.2 Å². The van der Waals surface area contributed by atoms with Crippen LogP contribution < -0.4 is 4.74 Å². The van der Waals surface area contributed by atoms with E-state index in [1.54, 1.807) is 39.2 Å². The standard InChI is InChI=1S/C11H16O2.2C6H5.C5H5.CH2.2ClH.Ti/c1-11(2,3)8-5-9(12)7-10(6-8)13-4;2*1-2-4-6-5-3-1;1-2-4-5-3-1;;;;/h5-7,12H,1-4H3;2*1-5H;1-3H,4H2;1H2;2*1H;/q;3*-1;;;;. The van der Waals surface area contributed by atoms with Gasteiger partial charge in [-0.1, -0.05) is 20.8 Å². The Morgan fingerprint density at radius 2 is 1.35 bits per heavy atom. The number of aromatic hydroxyl groups is 1. The minimum absolute atomic E-state index is 0. The van der Waals surface area contributed by atoms with Gasteiger partial charge in [0.1, 0.15) is 11.5 Å². The van der Waals surface area contributed by atoms with Crippen molar-refractivity contribution in [1.82, 2.24) is 0 Å². The zero-order valence-electron chi connectivity index (χ0n) is 20.3. The molecule has 0 atom stereocenters. The number of rotatable bonds is 1. The summed E-state index contributed by atoms with van der Waals surface area (Å²) in [6.45, 7) is 6.30. The van der Waals surface area contributed by atoms with Gasteiger partial charge in [0.2, 0.25) is 0 Å². The summed E-state index contributed by atoms with van der Waals surface area (Å²) in [6.07, 6.45) is 10.0. The Morgan fingerprint density at radius 1 is 0.853 bits per heavy atom. The van der Waals surface area contributed by atoms with Gasteiger partial charge in [0.25, 0.3) is 0 Å². The summed E-state index contributed by atoms with van der Waals surface area (Å²) in [6, 6.07) is 30.3. The van der Waals surface area contributed by atoms with E-state index in [9.17, 15) is 5.11 Å². The van der Waals surface area contributed by atoms with Crippen LogP contribution in [-0.2, 0) is 25.4 Å². The van der Waals surface area contributed by atoms with Crippen LogP contribution in [0.15, 0.2) is 97.1 Å². The molecule has 34 heavy (non-hydrogen) atoms. The fraction of sp³-hybridized carbons (Fsp3) is 0.207. The maximum Gasteiger partial charge on any atom is -0.171 e. The quantitative estimate of drug-likeness (QED) is 0.255. The first-order valence-electron chi connectivity index (χ1n) is 10.2. The molecular weight excluding hydrogens is 499 g/mol. The van der Waals surface area contributed by atoms with E-state index >= 15 is 0 Å². The van der Waals surface area contributed by atoms with Crippen LogP contribution in [0.25, 0.3) is 0 Å². The van der Waals surface area contributed by atoms with E-state index in [4.69, 9.17) is 4.74 Å². The first kappa shape index (κ1) is 36.5. The normalized spacial score (nSPS) is 9.85. The van der Waals surface area contributed by atoms with Crippen LogP contribution in [0.4, 0.5) is 0 Å². The summed E-state index contributed by atoms with van der Waals surface area (Å²) in [4.78, 5) is 3.25. The van der Waals surface area contributed by atoms with Gasteiger partial charge >= 0.3 is 24.8 Å². The van der Waals surface area contributed by atoms with Crippen LogP contribution in [0.1, 0.15) is 32.8 Å². The molecule has 0 saturated heterocycles. The van der Waals surface area contributed by atoms with Crippen molar-refractivity contribution in [3.8, 4) is 11.5 Å². The zero-order chi connectivity index (χ0) is 24.1. The Kier molecular flexibility index (Phi) is 25.8. The summed E-state index contributed by atoms with van der Waals surface area (Å²) in [5.74, 6) is 0.953. The molecule has 0 bridgehead atoms. The van der Waals surface area contributed by atoms with Crippen molar-refractivity contribution in [2.75, 3.05) is 7.11 Å². The summed E-state index contributed by atoms with van der Waals surface area (Å²) in [5.41, 5.74) is 1.11. The van der Waals surface area contributed by atoms with Crippen molar-refractivity contribution in [2.45, 2.75) is 32.6 Å². The number of hydrogen-bond acceptors (Lipinski definition) is 2. The monoisotopic (exact) mass is 533 g/mol. The molecule has 0 fully saturated rings. The van der Waals surface area contributed by atoms with E-state index in [0.717, 1.165) is 12.0 Å². The molecule has 3 aromatic rings. The second kappa shape index (κ2) is 24.0. The van der Waals surface area contributed by atoms with Gasteiger partial charge in [-0.15, -0.1) is 31.2 Å². The first-order chi connectivity index (χ1) is 15.4. The molecule has 1 aliphatic carbocycles. The van der Waals surface area contributed by atoms with Crippen LogP contribution >= 0.6 is 24.8 Å². The topological polar surface area (TPSA) is 29.5 Å². The Balaban J connectivity index is -0.000000388. The van der Waals surface area contributed by atoms with E-state index in [0.29, 0.717) is 5.75 Å². The van der Waals surface area contributed by atoms with Gasteiger partial charge in [-0.2, -0.15) is 78.9 Å². The van der Waals surface area contributed by atoms with Gasteiger partial charge in [0.05, 0.1) is 7.11 Å². The Hall–Kier alpha value is -2.10. The van der Waals surface area contributed by atoms with Crippen LogP contribution in [0.5, 0.6) is 11.5 Å². The van der Waals surface area contributed by atoms with Gasteiger partial charge < -0.3 is 9.84 Å². The molecule has 0 aromatic heterocycles. The maximum absolute atomic E-state index is 9.41. The summed E-state index contributed by atoms with van der Waals surface area (Å²) in [5, 5.41) is 9.41. The number of phenols is 1. The fourth-order valence-corrected chi connectivity index (χ4v) is 2.16. The molecule has 0 heterocycles. The fourth-order valence-electron chi connectivity index (χ4n) is 2.16. The molecule has 0 spiro atoms. The number of benzene rings is 3. The zero-order valence-corrected chi connectivity index (χ0v) is 23.5. The molecule has 0 amide bonds. The number of allylic oxidation sites excluding steroid dienone is 4. The Labute approximate surface area is 230 Å². The predicted molar refractivity (Wildman–Crippen MR) is 147 cm³/mol. The first-order valence-corrected chi connectivity index (χ1v) is 11.3. The molecule has 1 N–H and O–H groups in total. The summed E-state index contributed by atoms with van der Waals surface area (Å²) in [7, 11) is 1.60. The number of hydrogen-bond donors (Lipinski definition) is 1. The Morgan fingerprint density at radius 3 is 1.59 bits per heavy atom. The molecule has 184 valence electrons. The van der Waals surface area contributed by atoms with Crippen molar-refractivity contribution in [3.63, 3.8) is 0 Å². The molecular formula is C29H35Cl2O2Ti-3. The van der Waals surface area contributed by atoms with Crippen molar-refractivity contribution < 1.29 is 29.8 Å². The van der Waals surface area contributed by atoms with Crippen molar-refractivity contribution in [2.24, 2.45) is 0 Å². The van der Waals surface area contributed by atoms with E-state index in [2.05, 4.69) is 49.9 Å². The SMILES string of the molecule is COc1cc(O)cc(C(C)(C)C)c1.Cl.Cl.[C-]1=CC=CC1.[CH2]=[Ti].[c-]1ccccc1.[c-]1ccccc1. The molecule has 4 rings (SSSR count). The smallest absolute Gasteiger partial charge is 0.171 e. The third kappa shape index (κ3) is 20.5. The number of halogens is 2. The van der Waals surface area contributed by atoms with Crippen molar-refractivity contribution >= 4 is 29.6 Å². The second-order valence-corrected chi connectivity index (χ2v) is 7.33. The van der Waals surface area contributed by atoms with Crippen LogP contribution in [0.3, 0.4) is 0 Å². The molecule has 5 heteroatoms. The minimum Gasteiger partial charge on any atom is -0.184 e. The average Bonchev–Trinajstić information content (AvgIpc) is 3.43. The third-order valence-corrected chi connectivity index (χ3v) is 3.79. The molecule has 3 aromatic carbocycles. The van der Waals surface area contributed by atoms with Gasteiger partial charge in [-0.25, -0.2) is 12.2 Å². The molecule has 0 radical (unpaired) electrons. The van der Waals surface area contributed by atoms with E-state index in [1.165, 1.54) is 0 Å². The molecule has 1 aliphatic rings. The largest absolute Gasteiger partial charge is 0.184 e. The van der Waals surface area contributed by atoms with Gasteiger partial charge in [-0.3, -0.25) is 6.08 Å².